The average Bonchev–Trinajstić information content (AvgIpc) is 2.89. The first-order valence-electron chi connectivity index (χ1n) is 5.56. The molecule has 0 spiro atoms. The Morgan fingerprint density at radius 2 is 2.00 bits per heavy atom. The van der Waals surface area contributed by atoms with Crippen molar-refractivity contribution in [1.82, 2.24) is 9.78 Å². The lowest BCUT2D eigenvalue weighted by Gasteiger charge is -2.17. The molecule has 0 unspecified atom stereocenters. The number of halogens is 1. The van der Waals surface area contributed by atoms with Gasteiger partial charge in [0.2, 0.25) is 0 Å². The summed E-state index contributed by atoms with van der Waals surface area (Å²) < 4.78 is 2.07. The van der Waals surface area contributed by atoms with Gasteiger partial charge in [-0.25, -0.2) is 0 Å². The minimum atomic E-state index is -1.32. The van der Waals surface area contributed by atoms with Gasteiger partial charge in [0.1, 0.15) is 0 Å². The van der Waals surface area contributed by atoms with Crippen LogP contribution in [0.3, 0.4) is 0 Å². The van der Waals surface area contributed by atoms with E-state index < -0.39 is 12.0 Å². The molecule has 0 aliphatic heterocycles. The topological polar surface area (TPSA) is 75.0 Å². The minimum Gasteiger partial charge on any atom is -0.548 e. The molecule has 0 saturated carbocycles. The number of carbonyl (C=O) groups is 2. The summed E-state index contributed by atoms with van der Waals surface area (Å²) in [6.07, 6.45) is 2.76. The Bertz CT molecular complexity index is 578. The van der Waals surface area contributed by atoms with Crippen molar-refractivity contribution in [3.05, 3.63) is 52.8 Å². The molecule has 0 aliphatic carbocycles. The van der Waals surface area contributed by atoms with E-state index >= 15 is 0 Å². The molecule has 0 bridgehead atoms. The number of carbonyl (C=O) groups excluding carboxylic acids is 2. The monoisotopic (exact) mass is 321 g/mol. The summed E-state index contributed by atoms with van der Waals surface area (Å²) in [6, 6.07) is 7.25. The number of rotatable bonds is 5. The molecule has 2 rings (SSSR count). The Morgan fingerprint density at radius 3 is 2.53 bits per heavy atom. The van der Waals surface area contributed by atoms with E-state index in [0.29, 0.717) is 5.56 Å². The van der Waals surface area contributed by atoms with Gasteiger partial charge in [-0.2, -0.15) is 5.10 Å². The number of carboxylic acid groups (broad SMARTS) is 1. The van der Waals surface area contributed by atoms with Gasteiger partial charge < -0.3 is 9.90 Å². The predicted molar refractivity (Wildman–Crippen MR) is 69.4 cm³/mol. The first-order chi connectivity index (χ1) is 9.08. The van der Waals surface area contributed by atoms with Crippen LogP contribution in [0.1, 0.15) is 22.8 Å². The molecule has 0 aliphatic rings. The molecule has 0 amide bonds. The highest BCUT2D eigenvalue weighted by Gasteiger charge is 2.18. The van der Waals surface area contributed by atoms with Crippen LogP contribution in [0.2, 0.25) is 0 Å². The van der Waals surface area contributed by atoms with Crippen LogP contribution < -0.4 is 5.11 Å². The van der Waals surface area contributed by atoms with Crippen LogP contribution in [0.5, 0.6) is 0 Å². The van der Waals surface area contributed by atoms with Crippen LogP contribution in [-0.4, -0.2) is 21.5 Å². The minimum absolute atomic E-state index is 0.189. The number of hydrogen-bond donors (Lipinski definition) is 0. The van der Waals surface area contributed by atoms with Gasteiger partial charge in [-0.15, -0.1) is 0 Å². The molecule has 0 radical (unpaired) electrons. The Hall–Kier alpha value is -1.95. The Labute approximate surface area is 118 Å². The lowest BCUT2D eigenvalue weighted by atomic mass is 10.0. The van der Waals surface area contributed by atoms with Crippen LogP contribution in [-0.2, 0) is 4.79 Å². The molecule has 98 valence electrons. The van der Waals surface area contributed by atoms with E-state index in [1.165, 1.54) is 17.1 Å². The molecule has 0 saturated heterocycles. The highest BCUT2D eigenvalue weighted by molar-refractivity contribution is 9.10. The maximum absolute atomic E-state index is 12.0. The molecule has 1 heterocycles. The van der Waals surface area contributed by atoms with Gasteiger partial charge in [-0.3, -0.25) is 9.48 Å². The number of nitrogens with zero attached hydrogens (tertiary/aromatic N) is 2. The van der Waals surface area contributed by atoms with Crippen molar-refractivity contribution in [2.75, 3.05) is 0 Å². The summed E-state index contributed by atoms with van der Waals surface area (Å²) in [4.78, 5) is 23.1. The van der Waals surface area contributed by atoms with Crippen molar-refractivity contribution in [2.45, 2.75) is 12.5 Å². The lowest BCUT2D eigenvalue weighted by molar-refractivity contribution is -0.310. The first-order valence-corrected chi connectivity index (χ1v) is 6.36. The fraction of sp³-hybridized carbons (Fsp3) is 0.154. The van der Waals surface area contributed by atoms with E-state index in [-0.39, 0.29) is 12.2 Å². The molecule has 1 aromatic carbocycles. The predicted octanol–water partition coefficient (Wildman–Crippen LogP) is 1.21. The fourth-order valence-electron chi connectivity index (χ4n) is 1.68. The third-order valence-corrected chi connectivity index (χ3v) is 3.19. The second-order valence-corrected chi connectivity index (χ2v) is 4.87. The number of aromatic nitrogens is 2. The Kier molecular flexibility index (Phi) is 4.11. The number of carboxylic acids is 1. The number of aliphatic carboxylic acids is 1. The molecule has 1 aromatic heterocycles. The summed E-state index contributed by atoms with van der Waals surface area (Å²) in [5.41, 5.74) is 0.460. The van der Waals surface area contributed by atoms with Crippen molar-refractivity contribution < 1.29 is 14.7 Å². The third-order valence-electron chi connectivity index (χ3n) is 2.66. The quantitative estimate of drug-likeness (QED) is 0.776. The zero-order chi connectivity index (χ0) is 13.8. The molecule has 2 aromatic rings. The highest BCUT2D eigenvalue weighted by Crippen LogP contribution is 2.16. The van der Waals surface area contributed by atoms with Crippen LogP contribution >= 0.6 is 15.9 Å². The van der Waals surface area contributed by atoms with Crippen molar-refractivity contribution in [3.8, 4) is 0 Å². The molecule has 0 fully saturated rings. The maximum Gasteiger partial charge on any atom is 0.165 e. The Morgan fingerprint density at radius 1 is 1.32 bits per heavy atom. The second-order valence-electron chi connectivity index (χ2n) is 3.96. The maximum atomic E-state index is 12.0. The number of benzene rings is 1. The normalized spacial score (nSPS) is 12.1. The summed E-state index contributed by atoms with van der Waals surface area (Å²) in [6.45, 7) is 0. The van der Waals surface area contributed by atoms with Crippen molar-refractivity contribution in [2.24, 2.45) is 0 Å². The molecular weight excluding hydrogens is 312 g/mol. The highest BCUT2D eigenvalue weighted by atomic mass is 79.9. The van der Waals surface area contributed by atoms with Crippen molar-refractivity contribution >= 4 is 27.7 Å². The van der Waals surface area contributed by atoms with E-state index in [2.05, 4.69) is 21.0 Å². The zero-order valence-corrected chi connectivity index (χ0v) is 11.4. The van der Waals surface area contributed by atoms with Crippen LogP contribution in [0.15, 0.2) is 47.2 Å². The smallest absolute Gasteiger partial charge is 0.165 e. The molecule has 0 N–H and O–H groups in total. The summed E-state index contributed by atoms with van der Waals surface area (Å²) in [7, 11) is 0. The van der Waals surface area contributed by atoms with Crippen LogP contribution in [0.4, 0.5) is 0 Å². The molecule has 6 heteroatoms. The van der Waals surface area contributed by atoms with Gasteiger partial charge in [-0.05, 0) is 18.2 Å². The molecule has 1 atom stereocenters. The number of hydrogen-bond acceptors (Lipinski definition) is 4. The van der Waals surface area contributed by atoms with E-state index in [4.69, 9.17) is 0 Å². The largest absolute Gasteiger partial charge is 0.548 e. The van der Waals surface area contributed by atoms with Crippen LogP contribution in [0.25, 0.3) is 0 Å². The fourth-order valence-corrected chi connectivity index (χ4v) is 1.94. The number of ketones is 1. The first kappa shape index (κ1) is 13.5. The zero-order valence-electron chi connectivity index (χ0n) is 9.82. The summed E-state index contributed by atoms with van der Waals surface area (Å²) >= 11 is 3.27. The van der Waals surface area contributed by atoms with Gasteiger partial charge in [-0.1, -0.05) is 28.1 Å². The third kappa shape index (κ3) is 3.29. The average molecular weight is 322 g/mol. The summed E-state index contributed by atoms with van der Waals surface area (Å²) in [5, 5.41) is 14.9. The SMILES string of the molecule is O=C(C[C@@H](C(=O)[O-])n1cccn1)c1ccc(Br)cc1. The number of Topliss-reactive ketones (excluding diaryl/α,β-unsaturated/α-hetero) is 1. The van der Waals surface area contributed by atoms with Crippen molar-refractivity contribution in [1.29, 1.82) is 0 Å². The molecular formula is C13H10BrN2O3-. The van der Waals surface area contributed by atoms with Gasteiger partial charge in [0.15, 0.2) is 5.78 Å². The van der Waals surface area contributed by atoms with Crippen LogP contribution in [0, 0.1) is 0 Å². The van der Waals surface area contributed by atoms with Gasteiger partial charge >= 0.3 is 0 Å². The van der Waals surface area contributed by atoms with E-state index in [1.807, 2.05) is 0 Å². The standard InChI is InChI=1S/C13H11BrN2O3/c14-10-4-2-9(3-5-10)12(17)8-11(13(18)19)16-7-1-6-15-16/h1-7,11H,8H2,(H,18,19)/p-1/t11-/m0/s1. The van der Waals surface area contributed by atoms with Crippen molar-refractivity contribution in [3.63, 3.8) is 0 Å². The van der Waals surface area contributed by atoms with Gasteiger partial charge in [0.05, 0.1) is 12.0 Å². The molecule has 5 nitrogen and oxygen atoms in total. The van der Waals surface area contributed by atoms with E-state index in [9.17, 15) is 14.7 Å². The Balaban J connectivity index is 2.16. The van der Waals surface area contributed by atoms with Gasteiger partial charge in [0.25, 0.3) is 0 Å². The second kappa shape index (κ2) is 5.79. The van der Waals surface area contributed by atoms with E-state index in [1.54, 1.807) is 30.3 Å². The van der Waals surface area contributed by atoms with Gasteiger partial charge in [0, 0.05) is 28.9 Å². The van der Waals surface area contributed by atoms with E-state index in [0.717, 1.165) is 4.47 Å². The summed E-state index contributed by atoms with van der Waals surface area (Å²) in [5.74, 6) is -1.59. The lowest BCUT2D eigenvalue weighted by Crippen LogP contribution is -2.35. The molecule has 19 heavy (non-hydrogen) atoms.